The molecule has 0 fully saturated rings. The summed E-state index contributed by atoms with van der Waals surface area (Å²) in [5, 5.41) is 7.66. The van der Waals surface area contributed by atoms with Crippen LogP contribution in [0.2, 0.25) is 0 Å². The Bertz CT molecular complexity index is 3130. The number of nitrogens with zero attached hydrogens (tertiary/aromatic N) is 2. The van der Waals surface area contributed by atoms with E-state index >= 15 is 0 Å². The molecule has 0 N–H and O–H groups in total. The van der Waals surface area contributed by atoms with Crippen LogP contribution in [0.15, 0.2) is 182 Å². The van der Waals surface area contributed by atoms with E-state index in [-0.39, 0.29) is 0 Å². The first-order valence-electron chi connectivity index (χ1n) is 17.6. The fourth-order valence-electron chi connectivity index (χ4n) is 8.08. The van der Waals surface area contributed by atoms with Crippen molar-refractivity contribution in [2.45, 2.75) is 0 Å². The normalized spacial score (nSPS) is 11.8. The van der Waals surface area contributed by atoms with E-state index in [9.17, 15) is 0 Å². The summed E-state index contributed by atoms with van der Waals surface area (Å²) >= 11 is 3.76. The molecule has 3 aromatic heterocycles. The van der Waals surface area contributed by atoms with Gasteiger partial charge in [0.2, 0.25) is 0 Å². The largest absolute Gasteiger partial charge is 0.310 e. The molecule has 0 spiro atoms. The monoisotopic (exact) mass is 698 g/mol. The van der Waals surface area contributed by atoms with Gasteiger partial charge in [-0.2, -0.15) is 0 Å². The minimum Gasteiger partial charge on any atom is -0.310 e. The average Bonchev–Trinajstić information content (AvgIpc) is 3.88. The Kier molecular flexibility index (Phi) is 6.63. The van der Waals surface area contributed by atoms with Gasteiger partial charge >= 0.3 is 0 Å². The van der Waals surface area contributed by atoms with Crippen LogP contribution < -0.4 is 4.90 Å². The zero-order chi connectivity index (χ0) is 34.2. The molecule has 0 saturated heterocycles. The van der Waals surface area contributed by atoms with Gasteiger partial charge in [-0.1, -0.05) is 115 Å². The highest BCUT2D eigenvalue weighted by molar-refractivity contribution is 7.26. The van der Waals surface area contributed by atoms with E-state index in [2.05, 4.69) is 191 Å². The van der Waals surface area contributed by atoms with Crippen LogP contribution in [0.3, 0.4) is 0 Å². The highest BCUT2D eigenvalue weighted by Crippen LogP contribution is 2.50. The summed E-state index contributed by atoms with van der Waals surface area (Å²) in [4.78, 5) is 2.49. The van der Waals surface area contributed by atoms with Crippen molar-refractivity contribution < 1.29 is 0 Å². The summed E-state index contributed by atoms with van der Waals surface area (Å²) < 4.78 is 7.59. The van der Waals surface area contributed by atoms with Crippen LogP contribution in [-0.2, 0) is 0 Å². The van der Waals surface area contributed by atoms with Gasteiger partial charge in [0.1, 0.15) is 0 Å². The number of benzene rings is 8. The molecule has 0 aliphatic carbocycles. The molecule has 11 aromatic rings. The van der Waals surface area contributed by atoms with Gasteiger partial charge in [0.25, 0.3) is 0 Å². The van der Waals surface area contributed by atoms with Gasteiger partial charge in [0, 0.05) is 68.2 Å². The quantitative estimate of drug-likeness (QED) is 0.174. The second-order valence-electron chi connectivity index (χ2n) is 13.3. The number of rotatable bonds is 5. The van der Waals surface area contributed by atoms with Crippen LogP contribution in [0, 0.1) is 0 Å². The molecule has 4 heteroatoms. The van der Waals surface area contributed by atoms with E-state index in [1.54, 1.807) is 0 Å². The van der Waals surface area contributed by atoms with Crippen molar-refractivity contribution in [1.29, 1.82) is 0 Å². The molecular formula is C48H30N2S2. The Morgan fingerprint density at radius 3 is 1.85 bits per heavy atom. The SMILES string of the molecule is c1ccc(-c2ccc(N(c3ccc4c(c3)sc3ccccc34)c3ccc4c(c3)c3ccccc3n4-c3ccccc3)c3c2sc2ccccc23)cc1. The maximum Gasteiger partial charge on any atom is 0.0555 e. The Balaban J connectivity index is 1.22. The first kappa shape index (κ1) is 29.5. The topological polar surface area (TPSA) is 8.17 Å². The van der Waals surface area contributed by atoms with Gasteiger partial charge in [-0.25, -0.2) is 0 Å². The standard InChI is InChI=1S/C48H30N2S2/c1-3-13-31(14-4-1)35-26-28-43(47-39-19-9-12-22-45(39)52-48(35)47)49(34-23-25-38-37-18-8-11-21-44(37)51-46(38)30-34)33-24-27-42-40(29-33)36-17-7-10-20-41(36)50(42)32-15-5-2-6-16-32/h1-30H. The summed E-state index contributed by atoms with van der Waals surface area (Å²) in [5.41, 5.74) is 9.53. The zero-order valence-electron chi connectivity index (χ0n) is 28.0. The number of thiophene rings is 2. The number of anilines is 3. The van der Waals surface area contributed by atoms with Crippen molar-refractivity contribution in [3.8, 4) is 16.8 Å². The smallest absolute Gasteiger partial charge is 0.0555 e. The second-order valence-corrected chi connectivity index (χ2v) is 15.4. The fourth-order valence-corrected chi connectivity index (χ4v) is 10.5. The minimum absolute atomic E-state index is 1.13. The van der Waals surface area contributed by atoms with Crippen molar-refractivity contribution in [2.75, 3.05) is 4.90 Å². The van der Waals surface area contributed by atoms with Gasteiger partial charge in [-0.05, 0) is 77.9 Å². The van der Waals surface area contributed by atoms with Gasteiger partial charge in [0.05, 0.1) is 16.7 Å². The average molecular weight is 699 g/mol. The molecule has 11 rings (SSSR count). The van der Waals surface area contributed by atoms with Gasteiger partial charge in [-0.15, -0.1) is 22.7 Å². The molecule has 2 nitrogen and oxygen atoms in total. The molecular weight excluding hydrogens is 669 g/mol. The molecule has 0 saturated carbocycles. The van der Waals surface area contributed by atoms with Crippen LogP contribution in [-0.4, -0.2) is 4.57 Å². The van der Waals surface area contributed by atoms with E-state index < -0.39 is 0 Å². The molecule has 0 radical (unpaired) electrons. The van der Waals surface area contributed by atoms with E-state index in [1.165, 1.54) is 79.0 Å². The highest BCUT2D eigenvalue weighted by atomic mass is 32.1. The Labute approximate surface area is 308 Å². The van der Waals surface area contributed by atoms with Crippen LogP contribution in [0.4, 0.5) is 17.1 Å². The fraction of sp³-hybridized carbons (Fsp3) is 0. The summed E-state index contributed by atoms with van der Waals surface area (Å²) in [5.74, 6) is 0. The molecule has 0 aliphatic rings. The van der Waals surface area contributed by atoms with Crippen LogP contribution >= 0.6 is 22.7 Å². The van der Waals surface area contributed by atoms with Crippen molar-refractivity contribution in [1.82, 2.24) is 4.57 Å². The zero-order valence-corrected chi connectivity index (χ0v) is 29.7. The first-order chi connectivity index (χ1) is 25.8. The van der Waals surface area contributed by atoms with E-state index in [4.69, 9.17) is 0 Å². The first-order valence-corrected chi connectivity index (χ1v) is 19.2. The third-order valence-corrected chi connectivity index (χ3v) is 12.7. The minimum atomic E-state index is 1.13. The maximum atomic E-state index is 2.49. The van der Waals surface area contributed by atoms with Crippen molar-refractivity contribution in [3.63, 3.8) is 0 Å². The summed E-state index contributed by atoms with van der Waals surface area (Å²) in [6, 6.07) is 66.6. The molecule has 3 heterocycles. The Morgan fingerprint density at radius 2 is 1.02 bits per heavy atom. The van der Waals surface area contributed by atoms with Crippen LogP contribution in [0.1, 0.15) is 0 Å². The van der Waals surface area contributed by atoms with Gasteiger partial charge in [0.15, 0.2) is 0 Å². The van der Waals surface area contributed by atoms with E-state index in [0.717, 1.165) is 17.1 Å². The van der Waals surface area contributed by atoms with E-state index in [1.807, 2.05) is 22.7 Å². The molecule has 0 bridgehead atoms. The van der Waals surface area contributed by atoms with Crippen molar-refractivity contribution in [2.24, 2.45) is 0 Å². The lowest BCUT2D eigenvalue weighted by atomic mass is 10.00. The van der Waals surface area contributed by atoms with Gasteiger partial charge < -0.3 is 9.47 Å². The molecule has 0 aliphatic heterocycles. The Morgan fingerprint density at radius 1 is 0.404 bits per heavy atom. The Hall–Kier alpha value is -6.20. The number of hydrogen-bond donors (Lipinski definition) is 0. The van der Waals surface area contributed by atoms with Crippen molar-refractivity contribution >= 4 is 102 Å². The lowest BCUT2D eigenvalue weighted by Gasteiger charge is -2.27. The molecule has 0 amide bonds. The second kappa shape index (κ2) is 11.7. The number of hydrogen-bond acceptors (Lipinski definition) is 3. The lowest BCUT2D eigenvalue weighted by molar-refractivity contribution is 1.18. The molecule has 0 unspecified atom stereocenters. The third-order valence-electron chi connectivity index (χ3n) is 10.4. The van der Waals surface area contributed by atoms with Crippen molar-refractivity contribution in [3.05, 3.63) is 182 Å². The summed E-state index contributed by atoms with van der Waals surface area (Å²) in [6.07, 6.45) is 0. The highest BCUT2D eigenvalue weighted by Gasteiger charge is 2.23. The van der Waals surface area contributed by atoms with Crippen LogP contribution in [0.25, 0.3) is 79.0 Å². The van der Waals surface area contributed by atoms with E-state index in [0.29, 0.717) is 0 Å². The number of para-hydroxylation sites is 2. The van der Waals surface area contributed by atoms with Crippen LogP contribution in [0.5, 0.6) is 0 Å². The third kappa shape index (κ3) is 4.48. The summed E-state index contributed by atoms with van der Waals surface area (Å²) in [6.45, 7) is 0. The molecule has 52 heavy (non-hydrogen) atoms. The number of fused-ring (bicyclic) bond motifs is 9. The molecule has 8 aromatic carbocycles. The maximum absolute atomic E-state index is 2.49. The predicted molar refractivity (Wildman–Crippen MR) is 227 cm³/mol. The predicted octanol–water partition coefficient (Wildman–Crippen LogP) is 14.7. The number of aromatic nitrogens is 1. The molecule has 0 atom stereocenters. The summed E-state index contributed by atoms with van der Waals surface area (Å²) in [7, 11) is 0. The molecule has 244 valence electrons. The lowest BCUT2D eigenvalue weighted by Crippen LogP contribution is -2.10. The van der Waals surface area contributed by atoms with Gasteiger partial charge in [-0.3, -0.25) is 0 Å².